The second-order valence-electron chi connectivity index (χ2n) is 4.28. The molecule has 1 saturated heterocycles. The number of rotatable bonds is 1. The van der Waals surface area contributed by atoms with E-state index in [0.29, 0.717) is 10.9 Å². The average Bonchev–Trinajstić information content (AvgIpc) is 2.84. The quantitative estimate of drug-likeness (QED) is 0.755. The molecule has 0 spiro atoms. The Morgan fingerprint density at radius 1 is 1.47 bits per heavy atom. The Labute approximate surface area is 97.7 Å². The van der Waals surface area contributed by atoms with Crippen molar-refractivity contribution in [1.29, 1.82) is 0 Å². The van der Waals surface area contributed by atoms with E-state index in [1.807, 2.05) is 0 Å². The van der Waals surface area contributed by atoms with Crippen LogP contribution in [0.25, 0.3) is 10.9 Å². The minimum atomic E-state index is -0.0837. The minimum Gasteiger partial charge on any atom is -0.506 e. The molecule has 0 saturated carbocycles. The second kappa shape index (κ2) is 3.85. The van der Waals surface area contributed by atoms with Gasteiger partial charge in [0.1, 0.15) is 11.3 Å². The second-order valence-corrected chi connectivity index (χ2v) is 4.28. The van der Waals surface area contributed by atoms with Crippen LogP contribution in [0.1, 0.15) is 12.5 Å². The van der Waals surface area contributed by atoms with Crippen LogP contribution in [-0.4, -0.2) is 27.7 Å². The van der Waals surface area contributed by atoms with Crippen LogP contribution in [0.15, 0.2) is 29.3 Å². The Balaban J connectivity index is 2.22. The Bertz CT molecular complexity index is 615. The van der Waals surface area contributed by atoms with E-state index in [1.54, 1.807) is 16.7 Å². The molecule has 2 N–H and O–H groups in total. The van der Waals surface area contributed by atoms with Crippen LogP contribution >= 0.6 is 0 Å². The van der Waals surface area contributed by atoms with E-state index in [4.69, 9.17) is 0 Å². The molecular weight excluding hydrogens is 218 g/mol. The van der Waals surface area contributed by atoms with Gasteiger partial charge in [-0.3, -0.25) is 9.36 Å². The molecule has 2 heterocycles. The van der Waals surface area contributed by atoms with Gasteiger partial charge in [-0.2, -0.15) is 0 Å². The van der Waals surface area contributed by atoms with E-state index < -0.39 is 0 Å². The molecule has 0 aliphatic carbocycles. The average molecular weight is 231 g/mol. The number of fused-ring (bicyclic) bond motifs is 1. The highest BCUT2D eigenvalue weighted by molar-refractivity contribution is 5.82. The largest absolute Gasteiger partial charge is 0.506 e. The molecule has 2 aromatic rings. The Morgan fingerprint density at radius 3 is 3.12 bits per heavy atom. The van der Waals surface area contributed by atoms with Crippen LogP contribution in [0.2, 0.25) is 0 Å². The number of hydrogen-bond donors (Lipinski definition) is 2. The molecule has 1 aromatic carbocycles. The molecule has 1 aromatic heterocycles. The van der Waals surface area contributed by atoms with Gasteiger partial charge in [0.05, 0.1) is 17.8 Å². The molecule has 1 atom stereocenters. The predicted molar refractivity (Wildman–Crippen MR) is 64.2 cm³/mol. The summed E-state index contributed by atoms with van der Waals surface area (Å²) >= 11 is 0. The first-order chi connectivity index (χ1) is 8.27. The van der Waals surface area contributed by atoms with Gasteiger partial charge in [-0.05, 0) is 25.1 Å². The van der Waals surface area contributed by atoms with Gasteiger partial charge < -0.3 is 10.4 Å². The van der Waals surface area contributed by atoms with Crippen molar-refractivity contribution in [1.82, 2.24) is 14.9 Å². The van der Waals surface area contributed by atoms with Crippen LogP contribution in [0.3, 0.4) is 0 Å². The summed E-state index contributed by atoms with van der Waals surface area (Å²) in [4.78, 5) is 16.4. The first-order valence-electron chi connectivity index (χ1n) is 5.67. The van der Waals surface area contributed by atoms with Crippen LogP contribution < -0.4 is 10.9 Å². The van der Waals surface area contributed by atoms with E-state index in [1.165, 1.54) is 12.4 Å². The summed E-state index contributed by atoms with van der Waals surface area (Å²) < 4.78 is 1.65. The summed E-state index contributed by atoms with van der Waals surface area (Å²) in [5.41, 5.74) is 0.291. The lowest BCUT2D eigenvalue weighted by molar-refractivity contribution is 0.478. The van der Waals surface area contributed by atoms with Crippen LogP contribution in [0, 0.1) is 0 Å². The maximum absolute atomic E-state index is 12.3. The molecule has 88 valence electrons. The fourth-order valence-corrected chi connectivity index (χ4v) is 2.29. The topological polar surface area (TPSA) is 67.1 Å². The Hall–Kier alpha value is -1.88. The predicted octanol–water partition coefficient (Wildman–Crippen LogP) is 0.636. The zero-order chi connectivity index (χ0) is 11.8. The highest BCUT2D eigenvalue weighted by atomic mass is 16.3. The van der Waals surface area contributed by atoms with E-state index in [9.17, 15) is 9.90 Å². The molecule has 1 aliphatic rings. The number of nitrogens with one attached hydrogen (secondary N) is 1. The zero-order valence-corrected chi connectivity index (χ0v) is 9.26. The summed E-state index contributed by atoms with van der Waals surface area (Å²) in [6.45, 7) is 1.72. The first kappa shape index (κ1) is 10.3. The maximum atomic E-state index is 12.3. The van der Waals surface area contributed by atoms with Crippen molar-refractivity contribution >= 4 is 10.9 Å². The molecule has 0 radical (unpaired) electrons. The summed E-state index contributed by atoms with van der Waals surface area (Å²) in [6, 6.07) is 5.07. The van der Waals surface area contributed by atoms with Crippen molar-refractivity contribution in [3.63, 3.8) is 0 Å². The highest BCUT2D eigenvalue weighted by Crippen LogP contribution is 2.20. The lowest BCUT2D eigenvalue weighted by atomic mass is 10.2. The molecule has 1 unspecified atom stereocenters. The van der Waals surface area contributed by atoms with Crippen molar-refractivity contribution in [2.45, 2.75) is 12.5 Å². The monoisotopic (exact) mass is 231 g/mol. The molecular formula is C12H13N3O2. The Morgan fingerprint density at radius 2 is 2.35 bits per heavy atom. The van der Waals surface area contributed by atoms with Crippen molar-refractivity contribution < 1.29 is 5.11 Å². The lowest BCUT2D eigenvalue weighted by Crippen LogP contribution is -2.26. The molecule has 0 amide bonds. The standard InChI is InChI=1S/C12H13N3O2/c16-10-3-1-2-9-11(10)14-7-15(12(9)17)8-4-5-13-6-8/h1-3,7-8,13,16H,4-6H2. The number of phenolic OH excluding ortho intramolecular Hbond substituents is 1. The number of aromatic nitrogens is 2. The SMILES string of the molecule is O=c1c2cccc(O)c2ncn1C1CCNC1. The molecule has 5 nitrogen and oxygen atoms in total. The third-order valence-electron chi connectivity index (χ3n) is 3.22. The number of aromatic hydroxyl groups is 1. The van der Waals surface area contributed by atoms with Gasteiger partial charge in [0.15, 0.2) is 0 Å². The normalized spacial score (nSPS) is 19.9. The van der Waals surface area contributed by atoms with Gasteiger partial charge in [-0.15, -0.1) is 0 Å². The molecule has 1 fully saturated rings. The number of nitrogens with zero attached hydrogens (tertiary/aromatic N) is 2. The van der Waals surface area contributed by atoms with Gasteiger partial charge in [0.25, 0.3) is 5.56 Å². The van der Waals surface area contributed by atoms with Gasteiger partial charge in [0.2, 0.25) is 0 Å². The van der Waals surface area contributed by atoms with E-state index in [-0.39, 0.29) is 17.4 Å². The molecule has 0 bridgehead atoms. The van der Waals surface area contributed by atoms with E-state index in [0.717, 1.165) is 19.5 Å². The van der Waals surface area contributed by atoms with Crippen LogP contribution in [-0.2, 0) is 0 Å². The fraction of sp³-hybridized carbons (Fsp3) is 0.333. The highest BCUT2D eigenvalue weighted by Gasteiger charge is 2.18. The Kier molecular flexibility index (Phi) is 2.33. The minimum absolute atomic E-state index is 0.0521. The van der Waals surface area contributed by atoms with Crippen molar-refractivity contribution in [2.24, 2.45) is 0 Å². The summed E-state index contributed by atoms with van der Waals surface area (Å²) in [5.74, 6) is 0.0521. The molecule has 3 rings (SSSR count). The number of benzene rings is 1. The third-order valence-corrected chi connectivity index (χ3v) is 3.22. The van der Waals surface area contributed by atoms with E-state index >= 15 is 0 Å². The smallest absolute Gasteiger partial charge is 0.261 e. The van der Waals surface area contributed by atoms with Crippen molar-refractivity contribution in [3.8, 4) is 5.75 Å². The van der Waals surface area contributed by atoms with Gasteiger partial charge >= 0.3 is 0 Å². The van der Waals surface area contributed by atoms with Crippen LogP contribution in [0.5, 0.6) is 5.75 Å². The van der Waals surface area contributed by atoms with Crippen molar-refractivity contribution in [2.75, 3.05) is 13.1 Å². The maximum Gasteiger partial charge on any atom is 0.261 e. The van der Waals surface area contributed by atoms with E-state index in [2.05, 4.69) is 10.3 Å². The molecule has 17 heavy (non-hydrogen) atoms. The first-order valence-corrected chi connectivity index (χ1v) is 5.67. The third kappa shape index (κ3) is 1.59. The summed E-state index contributed by atoms with van der Waals surface area (Å²) in [5, 5.41) is 13.3. The molecule has 1 aliphatic heterocycles. The summed E-state index contributed by atoms with van der Waals surface area (Å²) in [6.07, 6.45) is 2.47. The van der Waals surface area contributed by atoms with Gasteiger partial charge in [-0.1, -0.05) is 6.07 Å². The molecule has 5 heteroatoms. The lowest BCUT2D eigenvalue weighted by Gasteiger charge is -2.12. The number of phenols is 1. The van der Waals surface area contributed by atoms with Gasteiger partial charge in [0, 0.05) is 6.54 Å². The fourth-order valence-electron chi connectivity index (χ4n) is 2.29. The van der Waals surface area contributed by atoms with Crippen molar-refractivity contribution in [3.05, 3.63) is 34.9 Å². The van der Waals surface area contributed by atoms with Gasteiger partial charge in [-0.25, -0.2) is 4.98 Å². The van der Waals surface area contributed by atoms with Crippen LogP contribution in [0.4, 0.5) is 0 Å². The number of hydrogen-bond acceptors (Lipinski definition) is 4. The zero-order valence-electron chi connectivity index (χ0n) is 9.26. The summed E-state index contributed by atoms with van der Waals surface area (Å²) in [7, 11) is 0. The number of para-hydroxylation sites is 1.